The second-order valence-electron chi connectivity index (χ2n) is 9.37. The standard InChI is InChI=1S/C27H24ClF6N3O3/c28-19-4-2-1-3-16(19)13-40-17-8-5-14(6-9-17)26(39)35-12-15-7-10-18(27(32,33)34)22(23(15)29)25-36-20(24(30)31)11-21(38)37-25/h1-4,7,10-11,14,17,24H,5-6,8-9,12-13H2,(H,35,39)(H,36,37,38). The van der Waals surface area contributed by atoms with Gasteiger partial charge >= 0.3 is 6.18 Å². The Morgan fingerprint density at radius 2 is 1.80 bits per heavy atom. The molecule has 0 aliphatic heterocycles. The summed E-state index contributed by atoms with van der Waals surface area (Å²) in [5, 5.41) is 3.13. The van der Waals surface area contributed by atoms with E-state index in [1.807, 2.05) is 23.2 Å². The van der Waals surface area contributed by atoms with Crippen LogP contribution in [0.15, 0.2) is 47.3 Å². The summed E-state index contributed by atoms with van der Waals surface area (Å²) in [5.74, 6) is -3.24. The second-order valence-corrected chi connectivity index (χ2v) is 9.78. The van der Waals surface area contributed by atoms with Gasteiger partial charge in [0.15, 0.2) is 0 Å². The van der Waals surface area contributed by atoms with Gasteiger partial charge in [-0.2, -0.15) is 13.2 Å². The Morgan fingerprint density at radius 3 is 2.45 bits per heavy atom. The minimum absolute atomic E-state index is 0.0751. The summed E-state index contributed by atoms with van der Waals surface area (Å²) in [7, 11) is 0. The zero-order valence-electron chi connectivity index (χ0n) is 20.8. The van der Waals surface area contributed by atoms with Crippen LogP contribution in [0.1, 0.15) is 54.5 Å². The van der Waals surface area contributed by atoms with Crippen molar-refractivity contribution in [1.29, 1.82) is 0 Å². The second kappa shape index (κ2) is 12.4. The number of aromatic nitrogens is 2. The molecule has 2 aromatic carbocycles. The van der Waals surface area contributed by atoms with E-state index >= 15 is 4.39 Å². The van der Waals surface area contributed by atoms with Crippen LogP contribution in [0, 0.1) is 11.7 Å². The Morgan fingerprint density at radius 1 is 1.10 bits per heavy atom. The summed E-state index contributed by atoms with van der Waals surface area (Å²) in [6.45, 7) is -0.130. The zero-order valence-corrected chi connectivity index (χ0v) is 21.6. The summed E-state index contributed by atoms with van der Waals surface area (Å²) in [6.07, 6.45) is -6.24. The molecule has 0 spiro atoms. The summed E-state index contributed by atoms with van der Waals surface area (Å²) < 4.78 is 88.5. The first-order valence-corrected chi connectivity index (χ1v) is 12.7. The molecule has 1 aliphatic carbocycles. The molecule has 2 N–H and O–H groups in total. The molecule has 1 fully saturated rings. The minimum atomic E-state index is -5.08. The summed E-state index contributed by atoms with van der Waals surface area (Å²) in [5.41, 5.74) is -4.45. The molecule has 0 radical (unpaired) electrons. The van der Waals surface area contributed by atoms with E-state index in [4.69, 9.17) is 16.3 Å². The monoisotopic (exact) mass is 587 g/mol. The van der Waals surface area contributed by atoms with Gasteiger partial charge in [-0.15, -0.1) is 0 Å². The number of benzene rings is 2. The maximum atomic E-state index is 15.4. The van der Waals surface area contributed by atoms with Gasteiger partial charge in [-0.3, -0.25) is 9.59 Å². The predicted molar refractivity (Wildman–Crippen MR) is 134 cm³/mol. The average Bonchev–Trinajstić information content (AvgIpc) is 2.91. The molecule has 0 bridgehead atoms. The molecule has 1 saturated carbocycles. The number of carbonyl (C=O) groups excluding carboxylic acids is 1. The van der Waals surface area contributed by atoms with Crippen molar-refractivity contribution < 1.29 is 35.9 Å². The first-order chi connectivity index (χ1) is 18.9. The summed E-state index contributed by atoms with van der Waals surface area (Å²) in [6, 6.07) is 9.10. The Balaban J connectivity index is 1.43. The van der Waals surface area contributed by atoms with E-state index in [-0.39, 0.29) is 11.7 Å². The number of nitrogens with one attached hydrogen (secondary N) is 2. The summed E-state index contributed by atoms with van der Waals surface area (Å²) >= 11 is 6.14. The molecule has 6 nitrogen and oxygen atoms in total. The molecule has 0 unspecified atom stereocenters. The third-order valence-electron chi connectivity index (χ3n) is 6.68. The van der Waals surface area contributed by atoms with Crippen molar-refractivity contribution in [3.05, 3.63) is 86.0 Å². The molecule has 1 aliphatic rings. The van der Waals surface area contributed by atoms with Crippen LogP contribution in [0.5, 0.6) is 0 Å². The number of H-pyrrole nitrogens is 1. The Labute approximate surface area is 229 Å². The number of hydrogen-bond donors (Lipinski definition) is 2. The number of hydrogen-bond acceptors (Lipinski definition) is 4. The van der Waals surface area contributed by atoms with Gasteiger partial charge in [-0.05, 0) is 43.4 Å². The van der Waals surface area contributed by atoms with Crippen LogP contribution in [0.4, 0.5) is 26.3 Å². The van der Waals surface area contributed by atoms with Gasteiger partial charge in [0, 0.05) is 29.1 Å². The average molecular weight is 588 g/mol. The number of nitrogens with zero attached hydrogens (tertiary/aromatic N) is 1. The van der Waals surface area contributed by atoms with E-state index in [9.17, 15) is 31.5 Å². The molecule has 1 aromatic heterocycles. The predicted octanol–water partition coefficient (Wildman–Crippen LogP) is 6.58. The highest BCUT2D eigenvalue weighted by atomic mass is 35.5. The zero-order chi connectivity index (χ0) is 29.0. The first-order valence-electron chi connectivity index (χ1n) is 12.3. The third kappa shape index (κ3) is 7.03. The van der Waals surface area contributed by atoms with E-state index in [2.05, 4.69) is 10.3 Å². The fourth-order valence-corrected chi connectivity index (χ4v) is 4.76. The minimum Gasteiger partial charge on any atom is -0.373 e. The van der Waals surface area contributed by atoms with Crippen LogP contribution in [0.2, 0.25) is 5.02 Å². The molecular formula is C27H24ClF6N3O3. The van der Waals surface area contributed by atoms with Crippen molar-refractivity contribution in [2.75, 3.05) is 0 Å². The molecule has 1 amide bonds. The van der Waals surface area contributed by atoms with Crippen LogP contribution in [0.3, 0.4) is 0 Å². The van der Waals surface area contributed by atoms with Gasteiger partial charge in [-0.1, -0.05) is 35.9 Å². The lowest BCUT2D eigenvalue weighted by atomic mass is 9.86. The van der Waals surface area contributed by atoms with E-state index in [1.54, 1.807) is 6.07 Å². The molecular weight excluding hydrogens is 564 g/mol. The van der Waals surface area contributed by atoms with Crippen molar-refractivity contribution in [2.24, 2.45) is 5.92 Å². The number of halogens is 7. The van der Waals surface area contributed by atoms with Crippen molar-refractivity contribution >= 4 is 17.5 Å². The van der Waals surface area contributed by atoms with Crippen LogP contribution < -0.4 is 10.9 Å². The van der Waals surface area contributed by atoms with E-state index in [0.717, 1.165) is 11.6 Å². The van der Waals surface area contributed by atoms with Gasteiger partial charge in [0.05, 0.1) is 23.8 Å². The van der Waals surface area contributed by atoms with Gasteiger partial charge in [0.25, 0.3) is 12.0 Å². The van der Waals surface area contributed by atoms with Crippen LogP contribution in [-0.4, -0.2) is 22.0 Å². The fourth-order valence-electron chi connectivity index (χ4n) is 4.57. The van der Waals surface area contributed by atoms with Crippen LogP contribution >= 0.6 is 11.6 Å². The fraction of sp³-hybridized carbons (Fsp3) is 0.370. The van der Waals surface area contributed by atoms with Gasteiger partial charge < -0.3 is 15.0 Å². The van der Waals surface area contributed by atoms with Crippen LogP contribution in [0.25, 0.3) is 11.4 Å². The topological polar surface area (TPSA) is 84.1 Å². The Bertz CT molecular complexity index is 1420. The molecule has 214 valence electrons. The van der Waals surface area contributed by atoms with Crippen molar-refractivity contribution in [1.82, 2.24) is 15.3 Å². The third-order valence-corrected chi connectivity index (χ3v) is 7.05. The van der Waals surface area contributed by atoms with Crippen molar-refractivity contribution in [3.8, 4) is 11.4 Å². The SMILES string of the molecule is O=C(NCc1ccc(C(F)(F)F)c(-c2nc(C(F)F)cc(=O)[nH]2)c1F)C1CCC(OCc2ccccc2Cl)CC1. The van der Waals surface area contributed by atoms with E-state index in [1.165, 1.54) is 0 Å². The normalized spacial score (nSPS) is 17.7. The number of alkyl halides is 5. The molecule has 1 heterocycles. The van der Waals surface area contributed by atoms with E-state index < -0.39 is 65.0 Å². The van der Waals surface area contributed by atoms with Crippen molar-refractivity contribution in [2.45, 2.75) is 57.5 Å². The molecule has 0 atom stereocenters. The highest BCUT2D eigenvalue weighted by molar-refractivity contribution is 6.31. The molecule has 3 aromatic rings. The number of aromatic amines is 1. The maximum absolute atomic E-state index is 15.4. The molecule has 4 rings (SSSR count). The molecule has 40 heavy (non-hydrogen) atoms. The number of rotatable bonds is 8. The first kappa shape index (κ1) is 29.6. The highest BCUT2D eigenvalue weighted by Crippen LogP contribution is 2.38. The number of ether oxygens (including phenoxy) is 1. The molecule has 0 saturated heterocycles. The number of amides is 1. The van der Waals surface area contributed by atoms with Crippen molar-refractivity contribution in [3.63, 3.8) is 0 Å². The number of carbonyl (C=O) groups is 1. The smallest absolute Gasteiger partial charge is 0.373 e. The van der Waals surface area contributed by atoms with Gasteiger partial charge in [0.2, 0.25) is 5.91 Å². The van der Waals surface area contributed by atoms with Gasteiger partial charge in [-0.25, -0.2) is 18.2 Å². The Kier molecular flexibility index (Phi) is 9.19. The Hall–Kier alpha value is -3.38. The largest absolute Gasteiger partial charge is 0.417 e. The van der Waals surface area contributed by atoms with Gasteiger partial charge in [0.1, 0.15) is 17.3 Å². The lowest BCUT2D eigenvalue weighted by Crippen LogP contribution is -2.34. The lowest BCUT2D eigenvalue weighted by Gasteiger charge is -2.28. The quantitative estimate of drug-likeness (QED) is 0.292. The molecule has 13 heteroatoms. The summed E-state index contributed by atoms with van der Waals surface area (Å²) in [4.78, 5) is 29.8. The lowest BCUT2D eigenvalue weighted by molar-refractivity contribution is -0.137. The maximum Gasteiger partial charge on any atom is 0.417 e. The van der Waals surface area contributed by atoms with Crippen LogP contribution in [-0.2, 0) is 28.9 Å². The van der Waals surface area contributed by atoms with E-state index in [0.29, 0.717) is 49.4 Å². The highest BCUT2D eigenvalue weighted by Gasteiger charge is 2.37.